The number of rotatable bonds is 7. The normalized spacial score (nSPS) is 13.4. The van der Waals surface area contributed by atoms with Crippen molar-refractivity contribution in [2.24, 2.45) is 0 Å². The molecule has 0 amide bonds. The molecule has 3 aromatic rings. The van der Waals surface area contributed by atoms with Crippen LogP contribution in [0.25, 0.3) is 0 Å². The van der Waals surface area contributed by atoms with E-state index in [0.717, 1.165) is 16.8 Å². The summed E-state index contributed by atoms with van der Waals surface area (Å²) in [5.41, 5.74) is 0.240. The number of sulfonamides is 1. The number of pyridine rings is 1. The third-order valence-corrected chi connectivity index (χ3v) is 6.02. The lowest BCUT2D eigenvalue weighted by Crippen LogP contribution is -2.32. The molecule has 13 heteroatoms. The number of hydrogen-bond acceptors (Lipinski definition) is 5. The molecule has 1 N–H and O–H groups in total. The lowest BCUT2D eigenvalue weighted by Gasteiger charge is -2.19. The van der Waals surface area contributed by atoms with Crippen molar-refractivity contribution in [3.8, 4) is 0 Å². The van der Waals surface area contributed by atoms with Gasteiger partial charge in [0.15, 0.2) is 5.82 Å². The molecule has 0 radical (unpaired) electrons. The fourth-order valence-electron chi connectivity index (χ4n) is 2.89. The molecular weight excluding hydrogens is 462 g/mol. The van der Waals surface area contributed by atoms with Crippen LogP contribution in [0.2, 0.25) is 5.02 Å². The molecule has 1 atom stereocenters. The van der Waals surface area contributed by atoms with Crippen LogP contribution in [0, 0.1) is 5.82 Å². The molecule has 0 unspecified atom stereocenters. The fourth-order valence-corrected chi connectivity index (χ4v) is 4.21. The second kappa shape index (κ2) is 8.89. The molecule has 0 aliphatic heterocycles. The van der Waals surface area contributed by atoms with Crippen LogP contribution >= 0.6 is 11.6 Å². The van der Waals surface area contributed by atoms with Gasteiger partial charge in [0, 0.05) is 23.7 Å². The third kappa shape index (κ3) is 5.38. The number of alkyl halides is 3. The Balaban J connectivity index is 2.04. The average molecular weight is 478 g/mol. The Morgan fingerprint density at radius 3 is 2.35 bits per heavy atom. The average Bonchev–Trinajstić information content (AvgIpc) is 3.14. The van der Waals surface area contributed by atoms with E-state index in [0.29, 0.717) is 5.02 Å². The molecule has 2 aromatic heterocycles. The third-order valence-electron chi connectivity index (χ3n) is 4.28. The van der Waals surface area contributed by atoms with Gasteiger partial charge in [-0.2, -0.15) is 13.2 Å². The zero-order valence-corrected chi connectivity index (χ0v) is 17.5. The van der Waals surface area contributed by atoms with Crippen LogP contribution in [0.15, 0.2) is 47.5 Å². The quantitative estimate of drug-likeness (QED) is 0.523. The van der Waals surface area contributed by atoms with Gasteiger partial charge in [0.05, 0.1) is 17.1 Å². The minimum atomic E-state index is -4.78. The van der Waals surface area contributed by atoms with Gasteiger partial charge in [-0.15, -0.1) is 10.2 Å². The molecule has 0 aliphatic carbocycles. The zero-order chi connectivity index (χ0) is 22.8. The lowest BCUT2D eigenvalue weighted by molar-refractivity contribution is -0.147. The zero-order valence-electron chi connectivity index (χ0n) is 15.9. The first-order valence-corrected chi connectivity index (χ1v) is 10.8. The summed E-state index contributed by atoms with van der Waals surface area (Å²) in [4.78, 5) is 3.72. The van der Waals surface area contributed by atoms with Crippen molar-refractivity contribution in [1.29, 1.82) is 0 Å². The molecule has 0 spiro atoms. The van der Waals surface area contributed by atoms with E-state index in [1.165, 1.54) is 37.3 Å². The first-order valence-electron chi connectivity index (χ1n) is 8.90. The molecule has 1 aromatic carbocycles. The van der Waals surface area contributed by atoms with Crippen molar-refractivity contribution >= 4 is 21.6 Å². The Morgan fingerprint density at radius 2 is 1.81 bits per heavy atom. The van der Waals surface area contributed by atoms with Crippen molar-refractivity contribution < 1.29 is 26.0 Å². The first kappa shape index (κ1) is 23.1. The maximum Gasteiger partial charge on any atom is 0.451 e. The predicted molar refractivity (Wildman–Crippen MR) is 103 cm³/mol. The molecule has 0 fully saturated rings. The van der Waals surface area contributed by atoms with E-state index < -0.39 is 33.9 Å². The number of aromatic nitrogens is 4. The summed E-state index contributed by atoms with van der Waals surface area (Å²) in [5, 5.41) is 7.12. The second-order valence-corrected chi connectivity index (χ2v) is 8.57. The number of nitrogens with zero attached hydrogens (tertiary/aromatic N) is 4. The summed E-state index contributed by atoms with van der Waals surface area (Å²) in [6.45, 7) is 1.29. The van der Waals surface area contributed by atoms with Crippen LogP contribution in [0.3, 0.4) is 0 Å². The number of hydrogen-bond donors (Lipinski definition) is 1. The van der Waals surface area contributed by atoms with Crippen molar-refractivity contribution in [1.82, 2.24) is 24.5 Å². The van der Waals surface area contributed by atoms with Crippen molar-refractivity contribution in [2.45, 2.75) is 37.0 Å². The Bertz CT molecular complexity index is 1150. The van der Waals surface area contributed by atoms with E-state index in [1.54, 1.807) is 0 Å². The summed E-state index contributed by atoms with van der Waals surface area (Å²) < 4.78 is 81.9. The molecule has 3 rings (SSSR count). The van der Waals surface area contributed by atoms with Gasteiger partial charge in [0.25, 0.3) is 0 Å². The number of nitrogens with one attached hydrogen (secondary N) is 1. The topological polar surface area (TPSA) is 89.8 Å². The van der Waals surface area contributed by atoms with Crippen LogP contribution in [0.5, 0.6) is 0 Å². The van der Waals surface area contributed by atoms with Crippen LogP contribution in [0.1, 0.15) is 30.3 Å². The summed E-state index contributed by atoms with van der Waals surface area (Å²) in [5.74, 6) is -2.12. The molecule has 31 heavy (non-hydrogen) atoms. The van der Waals surface area contributed by atoms with Crippen molar-refractivity contribution in [3.05, 3.63) is 70.8 Å². The Morgan fingerprint density at radius 1 is 1.13 bits per heavy atom. The van der Waals surface area contributed by atoms with E-state index in [1.807, 2.05) is 0 Å². The maximum absolute atomic E-state index is 13.3. The Hall–Kier alpha value is -2.57. The van der Waals surface area contributed by atoms with Gasteiger partial charge in [-0.1, -0.05) is 11.6 Å². The maximum atomic E-state index is 13.3. The van der Waals surface area contributed by atoms with E-state index in [-0.39, 0.29) is 29.4 Å². The van der Waals surface area contributed by atoms with Crippen molar-refractivity contribution in [2.75, 3.05) is 0 Å². The van der Waals surface area contributed by atoms with Gasteiger partial charge in [-0.05, 0) is 43.3 Å². The smallest absolute Gasteiger partial charge is 0.306 e. The minimum Gasteiger partial charge on any atom is -0.306 e. The highest BCUT2D eigenvalue weighted by Gasteiger charge is 2.39. The highest BCUT2D eigenvalue weighted by molar-refractivity contribution is 7.89. The number of halogens is 5. The van der Waals surface area contributed by atoms with Gasteiger partial charge in [-0.3, -0.25) is 4.98 Å². The molecule has 0 saturated carbocycles. The molecule has 0 aliphatic rings. The van der Waals surface area contributed by atoms with Gasteiger partial charge < -0.3 is 4.57 Å². The molecule has 2 heterocycles. The summed E-state index contributed by atoms with van der Waals surface area (Å²) in [6, 6.07) is 6.39. The molecule has 7 nitrogen and oxygen atoms in total. The number of benzene rings is 1. The van der Waals surface area contributed by atoms with E-state index in [9.17, 15) is 26.0 Å². The van der Waals surface area contributed by atoms with E-state index in [4.69, 9.17) is 11.6 Å². The fraction of sp³-hybridized carbons (Fsp3) is 0.278. The predicted octanol–water partition coefficient (Wildman–Crippen LogP) is 3.77. The largest absolute Gasteiger partial charge is 0.451 e. The Kier molecular flexibility index (Phi) is 6.62. The van der Waals surface area contributed by atoms with Gasteiger partial charge in [0.1, 0.15) is 5.82 Å². The standard InChI is InChI=1S/C18H16ClF4N5O2S/c1-2-28-16(25-26-17(28)18(21,22)23)15(9-13-6-5-12(20)10-24-13)27-31(29,30)14-7-3-11(19)4-8-14/h3-8,10,15,27H,2,9H2,1H3/t15-/m1/s1. The molecule has 0 bridgehead atoms. The highest BCUT2D eigenvalue weighted by Crippen LogP contribution is 2.30. The molecule has 0 saturated heterocycles. The van der Waals surface area contributed by atoms with Crippen LogP contribution in [-0.4, -0.2) is 28.2 Å². The van der Waals surface area contributed by atoms with Crippen LogP contribution in [0.4, 0.5) is 17.6 Å². The monoisotopic (exact) mass is 477 g/mol. The highest BCUT2D eigenvalue weighted by atomic mass is 35.5. The van der Waals surface area contributed by atoms with Gasteiger partial charge >= 0.3 is 6.18 Å². The summed E-state index contributed by atoms with van der Waals surface area (Å²) >= 11 is 5.79. The lowest BCUT2D eigenvalue weighted by atomic mass is 10.1. The SMILES string of the molecule is CCn1c([C@@H](Cc2ccc(F)cn2)NS(=O)(=O)c2ccc(Cl)cc2)nnc1C(F)(F)F. The second-order valence-electron chi connectivity index (χ2n) is 6.42. The van der Waals surface area contributed by atoms with E-state index >= 15 is 0 Å². The minimum absolute atomic E-state index is 0.146. The van der Waals surface area contributed by atoms with E-state index in [2.05, 4.69) is 19.9 Å². The molecule has 166 valence electrons. The Labute approximate surface area is 180 Å². The van der Waals surface area contributed by atoms with Gasteiger partial charge in [-0.25, -0.2) is 17.5 Å². The van der Waals surface area contributed by atoms with Crippen LogP contribution in [-0.2, 0) is 29.2 Å². The first-order chi connectivity index (χ1) is 14.5. The summed E-state index contributed by atoms with van der Waals surface area (Å²) in [7, 11) is -4.18. The van der Waals surface area contributed by atoms with Gasteiger partial charge in [0.2, 0.25) is 15.8 Å². The van der Waals surface area contributed by atoms with Crippen LogP contribution < -0.4 is 4.72 Å². The summed E-state index contributed by atoms with van der Waals surface area (Å²) in [6.07, 6.45) is -4.05. The molecular formula is C18H16ClF4N5O2S. The van der Waals surface area contributed by atoms with Crippen molar-refractivity contribution in [3.63, 3.8) is 0 Å².